The number of fused-ring (bicyclic) bond motifs is 1. The molecule has 0 radical (unpaired) electrons. The van der Waals surface area contributed by atoms with Crippen LogP contribution in [0.3, 0.4) is 0 Å². The fourth-order valence-corrected chi connectivity index (χ4v) is 3.43. The van der Waals surface area contributed by atoms with E-state index in [0.29, 0.717) is 22.3 Å². The topological polar surface area (TPSA) is 93.4 Å². The highest BCUT2D eigenvalue weighted by Gasteiger charge is 2.19. The van der Waals surface area contributed by atoms with Crippen LogP contribution in [0.4, 0.5) is 15.8 Å². The Morgan fingerprint density at radius 3 is 2.68 bits per heavy atom. The van der Waals surface area contributed by atoms with Crippen LogP contribution >= 0.6 is 0 Å². The van der Waals surface area contributed by atoms with Gasteiger partial charge in [-0.05, 0) is 42.8 Å². The monoisotopic (exact) mass is 421 g/mol. The lowest BCUT2D eigenvalue weighted by Crippen LogP contribution is -2.24. The lowest BCUT2D eigenvalue weighted by molar-refractivity contribution is 0.305. The van der Waals surface area contributed by atoms with E-state index in [2.05, 4.69) is 15.0 Å². The first-order valence-electron chi connectivity index (χ1n) is 9.53. The van der Waals surface area contributed by atoms with Crippen molar-refractivity contribution in [1.29, 1.82) is 0 Å². The summed E-state index contributed by atoms with van der Waals surface area (Å²) in [6.07, 6.45) is 5.81. The lowest BCUT2D eigenvalue weighted by Gasteiger charge is -2.26. The molecular formula is C22H20FN5O3. The highest BCUT2D eigenvalue weighted by Crippen LogP contribution is 2.34. The molecule has 0 atom stereocenters. The second-order valence-corrected chi connectivity index (χ2v) is 6.89. The molecule has 158 valence electrons. The molecule has 0 fully saturated rings. The second-order valence-electron chi connectivity index (χ2n) is 6.89. The molecule has 0 saturated heterocycles. The van der Waals surface area contributed by atoms with E-state index in [0.717, 1.165) is 5.56 Å². The van der Waals surface area contributed by atoms with Crippen molar-refractivity contribution in [2.75, 3.05) is 25.2 Å². The molecule has 0 saturated carbocycles. The summed E-state index contributed by atoms with van der Waals surface area (Å²) >= 11 is 0. The molecule has 2 aromatic carbocycles. The van der Waals surface area contributed by atoms with Gasteiger partial charge in [0.2, 0.25) is 0 Å². The Morgan fingerprint density at radius 1 is 1.19 bits per heavy atom. The van der Waals surface area contributed by atoms with Gasteiger partial charge >= 0.3 is 0 Å². The number of aliphatic hydroxyl groups excluding tert-OH is 1. The Kier molecular flexibility index (Phi) is 5.59. The molecule has 0 spiro atoms. The normalized spacial score (nSPS) is 11.0. The Balaban J connectivity index is 1.89. The maximum Gasteiger partial charge on any atom is 0.265 e. The number of benzene rings is 2. The molecule has 0 aliphatic heterocycles. The highest BCUT2D eigenvalue weighted by molar-refractivity contribution is 5.83. The summed E-state index contributed by atoms with van der Waals surface area (Å²) in [5.74, 6) is -0.446. The first-order valence-corrected chi connectivity index (χ1v) is 9.53. The van der Waals surface area contributed by atoms with E-state index < -0.39 is 5.82 Å². The number of ether oxygens (including phenoxy) is 1. The Bertz CT molecular complexity index is 1290. The van der Waals surface area contributed by atoms with E-state index >= 15 is 4.39 Å². The van der Waals surface area contributed by atoms with Crippen LogP contribution in [0.1, 0.15) is 5.56 Å². The summed E-state index contributed by atoms with van der Waals surface area (Å²) in [6, 6.07) is 8.32. The van der Waals surface area contributed by atoms with Crippen molar-refractivity contribution in [2.24, 2.45) is 0 Å². The van der Waals surface area contributed by atoms with Gasteiger partial charge in [-0.3, -0.25) is 9.36 Å². The molecule has 0 aliphatic carbocycles. The number of rotatable bonds is 6. The smallest absolute Gasteiger partial charge is 0.265 e. The quantitative estimate of drug-likeness (QED) is 0.512. The van der Waals surface area contributed by atoms with Crippen LogP contribution in [0.25, 0.3) is 16.6 Å². The molecule has 0 unspecified atom stereocenters. The maximum absolute atomic E-state index is 15.1. The number of aromatic nitrogens is 4. The van der Waals surface area contributed by atoms with Gasteiger partial charge in [0.05, 0.1) is 48.4 Å². The standard InChI is InChI=1S/C22H20FN5O3/c1-14-7-19(21(23)20(8-14)31-2)27(5-6-29)15-3-4-18-17(9-15)22(30)28(13-26-18)16-10-24-12-25-11-16/h3-4,7-13,29H,5-6H2,1-2H3. The van der Waals surface area contributed by atoms with Gasteiger partial charge in [0.15, 0.2) is 11.6 Å². The van der Waals surface area contributed by atoms with E-state index in [1.807, 2.05) is 6.92 Å². The van der Waals surface area contributed by atoms with Crippen LogP contribution in [0.15, 0.2) is 60.2 Å². The molecule has 4 rings (SSSR count). The molecule has 0 amide bonds. The molecule has 2 heterocycles. The van der Waals surface area contributed by atoms with Crippen molar-refractivity contribution < 1.29 is 14.2 Å². The second kappa shape index (κ2) is 8.49. The Labute approximate surface area is 177 Å². The summed E-state index contributed by atoms with van der Waals surface area (Å²) < 4.78 is 21.5. The average Bonchev–Trinajstić information content (AvgIpc) is 2.79. The molecule has 4 aromatic rings. The fourth-order valence-electron chi connectivity index (χ4n) is 3.43. The van der Waals surface area contributed by atoms with Crippen LogP contribution in [0.2, 0.25) is 0 Å². The molecule has 8 nitrogen and oxygen atoms in total. The average molecular weight is 421 g/mol. The number of hydrogen-bond acceptors (Lipinski definition) is 7. The summed E-state index contributed by atoms with van der Waals surface area (Å²) in [5.41, 5.74) is 2.24. The van der Waals surface area contributed by atoms with Crippen molar-refractivity contribution in [1.82, 2.24) is 19.5 Å². The first kappa shape index (κ1) is 20.4. The fraction of sp³-hybridized carbons (Fsp3) is 0.182. The summed E-state index contributed by atoms with van der Waals surface area (Å²) in [4.78, 5) is 26.9. The first-order chi connectivity index (χ1) is 15.0. The number of anilines is 2. The summed E-state index contributed by atoms with van der Waals surface area (Å²) in [7, 11) is 1.40. The van der Waals surface area contributed by atoms with Gasteiger partial charge in [-0.25, -0.2) is 19.3 Å². The minimum atomic E-state index is -0.549. The summed E-state index contributed by atoms with van der Waals surface area (Å²) in [5, 5.41) is 9.96. The van der Waals surface area contributed by atoms with Crippen molar-refractivity contribution in [3.8, 4) is 11.4 Å². The maximum atomic E-state index is 15.1. The molecule has 0 aliphatic rings. The minimum absolute atomic E-state index is 0.104. The zero-order valence-corrected chi connectivity index (χ0v) is 17.0. The number of aryl methyl sites for hydroxylation is 1. The minimum Gasteiger partial charge on any atom is -0.494 e. The van der Waals surface area contributed by atoms with Crippen LogP contribution in [0.5, 0.6) is 5.75 Å². The molecule has 9 heteroatoms. The van der Waals surface area contributed by atoms with Crippen molar-refractivity contribution in [3.05, 3.63) is 77.1 Å². The zero-order valence-electron chi connectivity index (χ0n) is 17.0. The van der Waals surface area contributed by atoms with Crippen LogP contribution in [-0.2, 0) is 0 Å². The van der Waals surface area contributed by atoms with Crippen molar-refractivity contribution >= 4 is 22.3 Å². The molecule has 31 heavy (non-hydrogen) atoms. The number of hydrogen-bond donors (Lipinski definition) is 1. The molecule has 0 bridgehead atoms. The molecule has 2 aromatic heterocycles. The predicted octanol–water partition coefficient (Wildman–Crippen LogP) is 2.76. The van der Waals surface area contributed by atoms with Crippen molar-refractivity contribution in [3.63, 3.8) is 0 Å². The van der Waals surface area contributed by atoms with E-state index in [-0.39, 0.29) is 30.1 Å². The highest BCUT2D eigenvalue weighted by atomic mass is 19.1. The van der Waals surface area contributed by atoms with E-state index in [4.69, 9.17) is 4.74 Å². The van der Waals surface area contributed by atoms with Gasteiger partial charge < -0.3 is 14.7 Å². The Hall–Kier alpha value is -3.85. The summed E-state index contributed by atoms with van der Waals surface area (Å²) in [6.45, 7) is 1.73. The third-order valence-electron chi connectivity index (χ3n) is 4.88. The number of halogens is 1. The zero-order chi connectivity index (χ0) is 22.0. The van der Waals surface area contributed by atoms with Gasteiger partial charge in [-0.2, -0.15) is 0 Å². The van der Waals surface area contributed by atoms with Crippen molar-refractivity contribution in [2.45, 2.75) is 6.92 Å². The third kappa shape index (κ3) is 3.82. The van der Waals surface area contributed by atoms with Crippen LogP contribution < -0.4 is 15.2 Å². The van der Waals surface area contributed by atoms with Gasteiger partial charge in [0.25, 0.3) is 5.56 Å². The number of methoxy groups -OCH3 is 1. The van der Waals surface area contributed by atoms with Gasteiger partial charge in [-0.15, -0.1) is 0 Å². The molecule has 1 N–H and O–H groups in total. The predicted molar refractivity (Wildman–Crippen MR) is 115 cm³/mol. The van der Waals surface area contributed by atoms with E-state index in [1.165, 1.54) is 36.7 Å². The largest absolute Gasteiger partial charge is 0.494 e. The van der Waals surface area contributed by atoms with E-state index in [1.54, 1.807) is 35.2 Å². The van der Waals surface area contributed by atoms with Gasteiger partial charge in [-0.1, -0.05) is 0 Å². The van der Waals surface area contributed by atoms with Crippen LogP contribution in [0, 0.1) is 12.7 Å². The SMILES string of the molecule is COc1cc(C)cc(N(CCO)c2ccc3ncn(-c4cncnc4)c(=O)c3c2)c1F. The van der Waals surface area contributed by atoms with Gasteiger partial charge in [0, 0.05) is 12.2 Å². The van der Waals surface area contributed by atoms with E-state index in [9.17, 15) is 9.90 Å². The van der Waals surface area contributed by atoms with Crippen LogP contribution in [-0.4, -0.2) is 44.9 Å². The Morgan fingerprint density at radius 2 is 1.97 bits per heavy atom. The molecular weight excluding hydrogens is 401 g/mol. The lowest BCUT2D eigenvalue weighted by atomic mass is 10.1. The van der Waals surface area contributed by atoms with Gasteiger partial charge in [0.1, 0.15) is 12.7 Å². The number of aliphatic hydroxyl groups is 1. The third-order valence-corrected chi connectivity index (χ3v) is 4.88. The number of nitrogens with zero attached hydrogens (tertiary/aromatic N) is 5.